The van der Waals surface area contributed by atoms with Crippen LogP contribution in [0.4, 0.5) is 0 Å². The van der Waals surface area contributed by atoms with Crippen molar-refractivity contribution in [3.05, 3.63) is 36.4 Å². The lowest BCUT2D eigenvalue weighted by atomic mass is 10.3. The molecule has 0 atom stereocenters. The maximum Gasteiger partial charge on any atom is 0.195 e. The van der Waals surface area contributed by atoms with E-state index >= 15 is 0 Å². The summed E-state index contributed by atoms with van der Waals surface area (Å²) in [6, 6.07) is 5.24. The van der Waals surface area contributed by atoms with Crippen molar-refractivity contribution in [2.45, 2.75) is 6.42 Å². The molecule has 0 fully saturated rings. The van der Waals surface area contributed by atoms with Gasteiger partial charge in [-0.15, -0.1) is 0 Å². The topological polar surface area (TPSA) is 56.0 Å². The number of hydrogen-bond donors (Lipinski definition) is 0. The van der Waals surface area contributed by atoms with Gasteiger partial charge in [-0.2, -0.15) is 0 Å². The van der Waals surface area contributed by atoms with E-state index in [9.17, 15) is 4.79 Å². The van der Waals surface area contributed by atoms with Gasteiger partial charge in [-0.25, -0.2) is 9.97 Å². The maximum atomic E-state index is 10.2. The molecule has 0 aliphatic carbocycles. The average molecular weight is 188 g/mol. The van der Waals surface area contributed by atoms with Gasteiger partial charge in [0.05, 0.1) is 6.42 Å². The van der Waals surface area contributed by atoms with Crippen LogP contribution in [-0.2, 0) is 11.2 Å². The van der Waals surface area contributed by atoms with Crippen molar-refractivity contribution >= 4 is 6.29 Å². The quantitative estimate of drug-likeness (QED) is 0.684. The predicted molar refractivity (Wildman–Crippen MR) is 49.5 cm³/mol. The van der Waals surface area contributed by atoms with E-state index in [1.165, 1.54) is 0 Å². The third-order valence-corrected chi connectivity index (χ3v) is 1.73. The first-order valence-electron chi connectivity index (χ1n) is 4.20. The summed E-state index contributed by atoms with van der Waals surface area (Å²) < 4.78 is 5.35. The Morgan fingerprint density at radius 1 is 1.29 bits per heavy atom. The van der Waals surface area contributed by atoms with Crippen molar-refractivity contribution in [3.8, 4) is 11.6 Å². The van der Waals surface area contributed by atoms with Crippen molar-refractivity contribution in [1.82, 2.24) is 9.97 Å². The molecule has 0 aliphatic rings. The fourth-order valence-corrected chi connectivity index (χ4v) is 1.12. The molecule has 0 saturated heterocycles. The Bertz CT molecular complexity index is 423. The zero-order valence-electron chi connectivity index (χ0n) is 7.38. The number of nitrogens with zero attached hydrogens (tertiary/aromatic N) is 2. The Kier molecular flexibility index (Phi) is 2.36. The van der Waals surface area contributed by atoms with Gasteiger partial charge < -0.3 is 9.21 Å². The summed E-state index contributed by atoms with van der Waals surface area (Å²) in [5.74, 6) is 1.74. The van der Waals surface area contributed by atoms with E-state index in [2.05, 4.69) is 9.97 Å². The normalized spacial score (nSPS) is 10.0. The van der Waals surface area contributed by atoms with E-state index in [0.717, 1.165) is 6.29 Å². The molecular weight excluding hydrogens is 180 g/mol. The molecule has 0 aliphatic heterocycles. The zero-order chi connectivity index (χ0) is 9.80. The van der Waals surface area contributed by atoms with Crippen molar-refractivity contribution < 1.29 is 9.21 Å². The summed E-state index contributed by atoms with van der Waals surface area (Å²) in [5.41, 5.74) is 0. The molecule has 4 nitrogen and oxygen atoms in total. The highest BCUT2D eigenvalue weighted by atomic mass is 16.3. The Morgan fingerprint density at radius 2 is 2.07 bits per heavy atom. The molecule has 0 amide bonds. The highest BCUT2D eigenvalue weighted by Crippen LogP contribution is 2.17. The summed E-state index contributed by atoms with van der Waals surface area (Å²) in [6.45, 7) is 0. The second-order valence-corrected chi connectivity index (χ2v) is 2.71. The first-order valence-corrected chi connectivity index (χ1v) is 4.20. The molecule has 2 heterocycles. The van der Waals surface area contributed by atoms with Crippen LogP contribution in [0.2, 0.25) is 0 Å². The van der Waals surface area contributed by atoms with E-state index in [-0.39, 0.29) is 6.42 Å². The lowest BCUT2D eigenvalue weighted by Crippen LogP contribution is -1.84. The van der Waals surface area contributed by atoms with Gasteiger partial charge in [0.15, 0.2) is 11.6 Å². The molecule has 14 heavy (non-hydrogen) atoms. The minimum absolute atomic E-state index is 0.285. The van der Waals surface area contributed by atoms with Gasteiger partial charge in [-0.3, -0.25) is 0 Å². The molecule has 2 rings (SSSR count). The molecule has 0 spiro atoms. The lowest BCUT2D eigenvalue weighted by Gasteiger charge is -1.92. The Hall–Kier alpha value is -1.97. The fraction of sp³-hybridized carbons (Fsp3) is 0.100. The lowest BCUT2D eigenvalue weighted by molar-refractivity contribution is -0.107. The molecular formula is C10H8N2O2. The summed E-state index contributed by atoms with van der Waals surface area (Å²) in [7, 11) is 0. The van der Waals surface area contributed by atoms with E-state index in [1.807, 2.05) is 0 Å². The molecule has 0 bridgehead atoms. The van der Waals surface area contributed by atoms with Gasteiger partial charge in [0.25, 0.3) is 0 Å². The first-order chi connectivity index (χ1) is 6.90. The smallest absolute Gasteiger partial charge is 0.195 e. The van der Waals surface area contributed by atoms with Gasteiger partial charge in [0, 0.05) is 12.4 Å². The van der Waals surface area contributed by atoms with Crippen LogP contribution in [0.1, 0.15) is 5.76 Å². The molecule has 4 heteroatoms. The Labute approximate surface area is 80.6 Å². The highest BCUT2D eigenvalue weighted by Gasteiger charge is 2.05. The highest BCUT2D eigenvalue weighted by molar-refractivity contribution is 5.55. The van der Waals surface area contributed by atoms with E-state index < -0.39 is 0 Å². The number of carbonyl (C=O) groups excluding carboxylic acids is 1. The number of aldehydes is 1. The maximum absolute atomic E-state index is 10.2. The number of aromatic nitrogens is 2. The van der Waals surface area contributed by atoms with Crippen LogP contribution in [0, 0.1) is 0 Å². The number of hydrogen-bond acceptors (Lipinski definition) is 4. The monoisotopic (exact) mass is 188 g/mol. The van der Waals surface area contributed by atoms with Gasteiger partial charge >= 0.3 is 0 Å². The average Bonchev–Trinajstić information content (AvgIpc) is 2.68. The largest absolute Gasteiger partial charge is 0.457 e. The fourth-order valence-electron chi connectivity index (χ4n) is 1.12. The molecule has 2 aromatic rings. The predicted octanol–water partition coefficient (Wildman–Crippen LogP) is 1.48. The van der Waals surface area contributed by atoms with Crippen LogP contribution < -0.4 is 0 Å². The van der Waals surface area contributed by atoms with Crippen molar-refractivity contribution in [2.75, 3.05) is 0 Å². The SMILES string of the molecule is O=CCc1ccc(-c2ncccn2)o1. The van der Waals surface area contributed by atoms with Gasteiger partial charge in [0.1, 0.15) is 12.0 Å². The van der Waals surface area contributed by atoms with Crippen LogP contribution >= 0.6 is 0 Å². The number of furan rings is 1. The van der Waals surface area contributed by atoms with E-state index in [4.69, 9.17) is 4.42 Å². The second kappa shape index (κ2) is 3.83. The van der Waals surface area contributed by atoms with Crippen molar-refractivity contribution in [3.63, 3.8) is 0 Å². The third kappa shape index (κ3) is 1.69. The van der Waals surface area contributed by atoms with Crippen molar-refractivity contribution in [1.29, 1.82) is 0 Å². The van der Waals surface area contributed by atoms with Crippen LogP contribution in [0.5, 0.6) is 0 Å². The number of carbonyl (C=O) groups is 1. The van der Waals surface area contributed by atoms with Crippen LogP contribution in [0.15, 0.2) is 35.0 Å². The minimum Gasteiger partial charge on any atom is -0.457 e. The van der Waals surface area contributed by atoms with Gasteiger partial charge in [-0.1, -0.05) is 0 Å². The summed E-state index contributed by atoms with van der Waals surface area (Å²) in [4.78, 5) is 18.3. The first kappa shape index (κ1) is 8.62. The van der Waals surface area contributed by atoms with Gasteiger partial charge in [0.2, 0.25) is 0 Å². The molecule has 2 aromatic heterocycles. The summed E-state index contributed by atoms with van der Waals surface area (Å²) >= 11 is 0. The molecule has 0 aromatic carbocycles. The van der Waals surface area contributed by atoms with Crippen LogP contribution in [0.3, 0.4) is 0 Å². The summed E-state index contributed by atoms with van der Waals surface area (Å²) in [6.07, 6.45) is 4.37. The minimum atomic E-state index is 0.285. The van der Waals surface area contributed by atoms with E-state index in [0.29, 0.717) is 17.3 Å². The van der Waals surface area contributed by atoms with Crippen LogP contribution in [-0.4, -0.2) is 16.3 Å². The standard InChI is InChI=1S/C10H8N2O2/c13-7-4-8-2-3-9(14-8)10-11-5-1-6-12-10/h1-3,5-7H,4H2. The zero-order valence-corrected chi connectivity index (χ0v) is 7.38. The van der Waals surface area contributed by atoms with Crippen LogP contribution in [0.25, 0.3) is 11.6 Å². The van der Waals surface area contributed by atoms with Crippen molar-refractivity contribution in [2.24, 2.45) is 0 Å². The molecule has 0 unspecified atom stereocenters. The Morgan fingerprint density at radius 3 is 2.79 bits per heavy atom. The molecule has 0 radical (unpaired) electrons. The molecule has 0 N–H and O–H groups in total. The summed E-state index contributed by atoms with van der Waals surface area (Å²) in [5, 5.41) is 0. The third-order valence-electron chi connectivity index (χ3n) is 1.73. The molecule has 70 valence electrons. The van der Waals surface area contributed by atoms with E-state index in [1.54, 1.807) is 30.6 Å². The van der Waals surface area contributed by atoms with Gasteiger partial charge in [-0.05, 0) is 18.2 Å². The second-order valence-electron chi connectivity index (χ2n) is 2.71. The molecule has 0 saturated carbocycles. The Balaban J connectivity index is 2.29. The number of rotatable bonds is 3.